The molecule has 1 saturated heterocycles. The van der Waals surface area contributed by atoms with Crippen LogP contribution in [0.3, 0.4) is 0 Å². The number of hydrogen-bond donors (Lipinski definition) is 1. The van der Waals surface area contributed by atoms with Gasteiger partial charge in [0.2, 0.25) is 0 Å². The summed E-state index contributed by atoms with van der Waals surface area (Å²) >= 11 is 0. The smallest absolute Gasteiger partial charge is 0.339 e. The van der Waals surface area contributed by atoms with Crippen molar-refractivity contribution in [3.05, 3.63) is 40.8 Å². The SMILES string of the molecule is CN1CCN(CC(O)COc2cc(=O)oc3ccccc23)CC1. The zero-order valence-electron chi connectivity index (χ0n) is 13.3. The summed E-state index contributed by atoms with van der Waals surface area (Å²) in [6.07, 6.45) is -0.593. The standard InChI is InChI=1S/C17H22N2O4/c1-18-6-8-19(9-7-18)11-13(20)12-22-16-10-17(21)23-15-5-3-2-4-14(15)16/h2-5,10,13,20H,6-9,11-12H2,1H3. The largest absolute Gasteiger partial charge is 0.490 e. The first kappa shape index (κ1) is 16.0. The van der Waals surface area contributed by atoms with Gasteiger partial charge in [0.1, 0.15) is 24.0 Å². The molecule has 2 heterocycles. The Labute approximate surface area is 134 Å². The molecule has 0 bridgehead atoms. The highest BCUT2D eigenvalue weighted by Gasteiger charge is 2.17. The third-order valence-corrected chi connectivity index (χ3v) is 4.11. The van der Waals surface area contributed by atoms with Crippen molar-refractivity contribution in [3.63, 3.8) is 0 Å². The molecule has 124 valence electrons. The Morgan fingerprint density at radius 3 is 2.78 bits per heavy atom. The van der Waals surface area contributed by atoms with Crippen molar-refractivity contribution < 1.29 is 14.3 Å². The van der Waals surface area contributed by atoms with Gasteiger partial charge in [0.05, 0.1) is 11.5 Å². The second-order valence-corrected chi connectivity index (χ2v) is 5.99. The van der Waals surface area contributed by atoms with E-state index in [-0.39, 0.29) is 6.61 Å². The molecular formula is C17H22N2O4. The minimum Gasteiger partial charge on any atom is -0.490 e. The predicted octanol–water partition coefficient (Wildman–Crippen LogP) is 0.780. The number of hydrogen-bond acceptors (Lipinski definition) is 6. The molecule has 0 radical (unpaired) electrons. The third-order valence-electron chi connectivity index (χ3n) is 4.11. The second kappa shape index (κ2) is 7.12. The molecule has 1 aromatic heterocycles. The summed E-state index contributed by atoms with van der Waals surface area (Å²) in [5.74, 6) is 0.453. The number of β-amino-alcohol motifs (C(OH)–C–C–N with tert-alkyl or cyclic N) is 1. The summed E-state index contributed by atoms with van der Waals surface area (Å²) in [6, 6.07) is 8.54. The van der Waals surface area contributed by atoms with Gasteiger partial charge in [0.15, 0.2) is 0 Å². The minimum absolute atomic E-state index is 0.153. The van der Waals surface area contributed by atoms with E-state index in [0.717, 1.165) is 31.6 Å². The molecule has 0 saturated carbocycles. The van der Waals surface area contributed by atoms with Crippen LogP contribution >= 0.6 is 0 Å². The molecule has 2 aromatic rings. The van der Waals surface area contributed by atoms with Crippen LogP contribution in [-0.4, -0.2) is 67.4 Å². The molecule has 1 atom stereocenters. The van der Waals surface area contributed by atoms with Gasteiger partial charge in [-0.1, -0.05) is 12.1 Å². The van der Waals surface area contributed by atoms with Crippen LogP contribution in [0.5, 0.6) is 5.75 Å². The Hall–Kier alpha value is -1.89. The number of fused-ring (bicyclic) bond motifs is 1. The quantitative estimate of drug-likeness (QED) is 0.822. The molecule has 0 aliphatic carbocycles. The van der Waals surface area contributed by atoms with E-state index in [1.54, 1.807) is 12.1 Å². The fraction of sp³-hybridized carbons (Fsp3) is 0.471. The molecular weight excluding hydrogens is 296 g/mol. The fourth-order valence-corrected chi connectivity index (χ4v) is 2.77. The summed E-state index contributed by atoms with van der Waals surface area (Å²) < 4.78 is 10.8. The molecule has 1 aliphatic heterocycles. The monoisotopic (exact) mass is 318 g/mol. The highest BCUT2D eigenvalue weighted by Crippen LogP contribution is 2.23. The van der Waals surface area contributed by atoms with Crippen molar-refractivity contribution in [2.75, 3.05) is 46.4 Å². The first-order chi connectivity index (χ1) is 11.1. The van der Waals surface area contributed by atoms with Crippen molar-refractivity contribution in [1.82, 2.24) is 9.80 Å². The number of aliphatic hydroxyl groups excluding tert-OH is 1. The number of rotatable bonds is 5. The molecule has 3 rings (SSSR count). The van der Waals surface area contributed by atoms with E-state index in [4.69, 9.17) is 9.15 Å². The molecule has 1 aromatic carbocycles. The molecule has 0 amide bonds. The van der Waals surface area contributed by atoms with Gasteiger partial charge in [-0.25, -0.2) is 4.79 Å². The normalized spacial score (nSPS) is 18.2. The first-order valence-corrected chi connectivity index (χ1v) is 7.86. The minimum atomic E-state index is -0.593. The van der Waals surface area contributed by atoms with Gasteiger partial charge >= 0.3 is 5.63 Å². The summed E-state index contributed by atoms with van der Waals surface area (Å²) in [5, 5.41) is 10.9. The highest BCUT2D eigenvalue weighted by atomic mass is 16.5. The van der Waals surface area contributed by atoms with E-state index in [2.05, 4.69) is 16.8 Å². The Morgan fingerprint density at radius 1 is 1.26 bits per heavy atom. The lowest BCUT2D eigenvalue weighted by atomic mass is 10.2. The van der Waals surface area contributed by atoms with Crippen LogP contribution in [-0.2, 0) is 0 Å². The van der Waals surface area contributed by atoms with Crippen molar-refractivity contribution in [1.29, 1.82) is 0 Å². The van der Waals surface area contributed by atoms with Crippen LogP contribution in [0.1, 0.15) is 0 Å². The summed E-state index contributed by atoms with van der Waals surface area (Å²) in [6.45, 7) is 4.65. The average Bonchev–Trinajstić information content (AvgIpc) is 2.54. The number of likely N-dealkylation sites (N-methyl/N-ethyl adjacent to an activating group) is 1. The summed E-state index contributed by atoms with van der Waals surface area (Å²) in [7, 11) is 2.10. The number of piperazine rings is 1. The molecule has 1 unspecified atom stereocenters. The van der Waals surface area contributed by atoms with Crippen LogP contribution in [0.2, 0.25) is 0 Å². The lowest BCUT2D eigenvalue weighted by Gasteiger charge is -2.33. The molecule has 6 heteroatoms. The molecule has 0 spiro atoms. The summed E-state index contributed by atoms with van der Waals surface area (Å²) in [4.78, 5) is 16.1. The van der Waals surface area contributed by atoms with Crippen LogP contribution < -0.4 is 10.4 Å². The van der Waals surface area contributed by atoms with Gasteiger partial charge in [-0.3, -0.25) is 4.90 Å². The second-order valence-electron chi connectivity index (χ2n) is 5.99. The van der Waals surface area contributed by atoms with Crippen molar-refractivity contribution in [3.8, 4) is 5.75 Å². The van der Waals surface area contributed by atoms with Gasteiger partial charge in [0.25, 0.3) is 0 Å². The number of ether oxygens (including phenoxy) is 1. The number of benzene rings is 1. The van der Waals surface area contributed by atoms with Gasteiger partial charge in [-0.2, -0.15) is 0 Å². The molecule has 6 nitrogen and oxygen atoms in total. The zero-order chi connectivity index (χ0) is 16.2. The number of para-hydroxylation sites is 1. The van der Waals surface area contributed by atoms with E-state index in [9.17, 15) is 9.90 Å². The fourth-order valence-electron chi connectivity index (χ4n) is 2.77. The van der Waals surface area contributed by atoms with Gasteiger partial charge < -0.3 is 19.2 Å². The lowest BCUT2D eigenvalue weighted by molar-refractivity contribution is 0.0507. The first-order valence-electron chi connectivity index (χ1n) is 7.86. The van der Waals surface area contributed by atoms with Gasteiger partial charge in [-0.05, 0) is 19.2 Å². The maximum Gasteiger partial charge on any atom is 0.339 e. The number of nitrogens with zero attached hydrogens (tertiary/aromatic N) is 2. The van der Waals surface area contributed by atoms with E-state index in [1.807, 2.05) is 12.1 Å². The molecule has 1 fully saturated rings. The zero-order valence-corrected chi connectivity index (χ0v) is 13.3. The van der Waals surface area contributed by atoms with E-state index >= 15 is 0 Å². The third kappa shape index (κ3) is 4.10. The Kier molecular flexibility index (Phi) is 4.95. The van der Waals surface area contributed by atoms with Gasteiger partial charge in [-0.15, -0.1) is 0 Å². The Morgan fingerprint density at radius 2 is 2.00 bits per heavy atom. The molecule has 1 N–H and O–H groups in total. The Balaban J connectivity index is 1.61. The van der Waals surface area contributed by atoms with Crippen LogP contribution in [0.4, 0.5) is 0 Å². The Bertz CT molecular complexity index is 707. The highest BCUT2D eigenvalue weighted by molar-refractivity contribution is 5.82. The summed E-state index contributed by atoms with van der Waals surface area (Å²) in [5.41, 5.74) is 0.0378. The van der Waals surface area contributed by atoms with Crippen LogP contribution in [0.15, 0.2) is 39.5 Å². The topological polar surface area (TPSA) is 66.2 Å². The van der Waals surface area contributed by atoms with E-state index in [0.29, 0.717) is 17.9 Å². The maximum atomic E-state index is 11.6. The molecule has 23 heavy (non-hydrogen) atoms. The molecule has 1 aliphatic rings. The van der Waals surface area contributed by atoms with Crippen molar-refractivity contribution >= 4 is 11.0 Å². The predicted molar refractivity (Wildman–Crippen MR) is 87.9 cm³/mol. The van der Waals surface area contributed by atoms with E-state index < -0.39 is 11.7 Å². The van der Waals surface area contributed by atoms with Crippen LogP contribution in [0.25, 0.3) is 11.0 Å². The van der Waals surface area contributed by atoms with Crippen molar-refractivity contribution in [2.24, 2.45) is 0 Å². The van der Waals surface area contributed by atoms with Crippen LogP contribution in [0, 0.1) is 0 Å². The van der Waals surface area contributed by atoms with Crippen molar-refractivity contribution in [2.45, 2.75) is 6.10 Å². The average molecular weight is 318 g/mol. The number of aliphatic hydroxyl groups is 1. The van der Waals surface area contributed by atoms with E-state index in [1.165, 1.54) is 6.07 Å². The van der Waals surface area contributed by atoms with Gasteiger partial charge in [0, 0.05) is 32.7 Å². The lowest BCUT2D eigenvalue weighted by Crippen LogP contribution is -2.47. The maximum absolute atomic E-state index is 11.6.